The Morgan fingerprint density at radius 1 is 1.14 bits per heavy atom. The first-order valence-corrected chi connectivity index (χ1v) is 13.6. The van der Waals surface area contributed by atoms with Gasteiger partial charge in [-0.05, 0) is 69.9 Å². The summed E-state index contributed by atoms with van der Waals surface area (Å²) in [6, 6.07) is 8.11. The first kappa shape index (κ1) is 27.0. The Hall–Kier alpha value is -3.07. The maximum Gasteiger partial charge on any atom is 0.320 e. The average molecular weight is 512 g/mol. The van der Waals surface area contributed by atoms with E-state index in [4.69, 9.17) is 20.6 Å². The lowest BCUT2D eigenvalue weighted by Crippen LogP contribution is -2.52. The van der Waals surface area contributed by atoms with Crippen LogP contribution in [0.1, 0.15) is 63.6 Å². The second kappa shape index (κ2) is 12.0. The third kappa shape index (κ3) is 5.92. The van der Waals surface area contributed by atoms with Crippen molar-refractivity contribution in [2.24, 2.45) is 5.73 Å². The van der Waals surface area contributed by atoms with Gasteiger partial charge >= 0.3 is 12.0 Å². The van der Waals surface area contributed by atoms with Crippen molar-refractivity contribution in [3.05, 3.63) is 35.5 Å². The predicted octanol–water partition coefficient (Wildman–Crippen LogP) is 3.89. The Bertz CT molecular complexity index is 1130. The second-order valence-corrected chi connectivity index (χ2v) is 10.1. The molecule has 0 unspecified atom stereocenters. The molecule has 1 aromatic carbocycles. The van der Waals surface area contributed by atoms with Crippen LogP contribution in [0.2, 0.25) is 0 Å². The fourth-order valence-electron chi connectivity index (χ4n) is 5.98. The molecule has 2 aliphatic heterocycles. The quantitative estimate of drug-likeness (QED) is 0.301. The maximum absolute atomic E-state index is 13.8. The van der Waals surface area contributed by atoms with Crippen LogP contribution in [0, 0.1) is 5.41 Å². The van der Waals surface area contributed by atoms with E-state index in [1.54, 1.807) is 14.0 Å². The summed E-state index contributed by atoms with van der Waals surface area (Å²) in [6.07, 6.45) is 5.62. The van der Waals surface area contributed by atoms with E-state index in [0.29, 0.717) is 19.6 Å². The smallest absolute Gasteiger partial charge is 0.320 e. The van der Waals surface area contributed by atoms with Crippen molar-refractivity contribution >= 4 is 28.7 Å². The van der Waals surface area contributed by atoms with Crippen LogP contribution in [0.5, 0.6) is 0 Å². The zero-order chi connectivity index (χ0) is 26.5. The number of nitrogens with one attached hydrogen (secondary N) is 1. The van der Waals surface area contributed by atoms with Crippen molar-refractivity contribution in [2.45, 2.75) is 83.5 Å². The fraction of sp³-hybridized carbons (Fsp3) is 0.607. The Morgan fingerprint density at radius 3 is 2.65 bits per heavy atom. The third-order valence-corrected chi connectivity index (χ3v) is 7.89. The van der Waals surface area contributed by atoms with E-state index >= 15 is 0 Å². The minimum absolute atomic E-state index is 0.0145. The summed E-state index contributed by atoms with van der Waals surface area (Å²) < 4.78 is 13.0. The van der Waals surface area contributed by atoms with Gasteiger partial charge in [-0.3, -0.25) is 10.2 Å². The van der Waals surface area contributed by atoms with Gasteiger partial charge in [-0.2, -0.15) is 0 Å². The summed E-state index contributed by atoms with van der Waals surface area (Å²) in [5.41, 5.74) is 8.77. The minimum atomic E-state index is -0.266. The molecule has 0 aliphatic carbocycles. The van der Waals surface area contributed by atoms with E-state index in [1.165, 1.54) is 5.69 Å². The number of amides is 2. The number of hydrogen-bond donors (Lipinski definition) is 2. The number of urea groups is 1. The van der Waals surface area contributed by atoms with Crippen LogP contribution in [0.3, 0.4) is 0 Å². The summed E-state index contributed by atoms with van der Waals surface area (Å²) in [4.78, 5) is 29.9. The highest BCUT2D eigenvalue weighted by Gasteiger charge is 2.40. The standard InChI is InChI=1S/C28H41N5O4/c1-4-31-22(14-19-9-10-20(27(29)30)15-25(19)31)12-11-21-8-6-7-13-32(21)28(35)33-18-24(36-3)16-23(33)17-26(34)37-5-2/h9-10,14-15,21,23-24H,4-8,11-13,16-18H2,1-3H3,(H3,29,30)/t21-,23+,24+/m0/s1. The molecule has 2 aliphatic rings. The molecule has 4 rings (SSSR count). The Morgan fingerprint density at radius 2 is 1.95 bits per heavy atom. The van der Waals surface area contributed by atoms with E-state index in [9.17, 15) is 9.59 Å². The summed E-state index contributed by atoms with van der Waals surface area (Å²) in [7, 11) is 1.66. The van der Waals surface area contributed by atoms with Crippen LogP contribution in [0.25, 0.3) is 10.9 Å². The van der Waals surface area contributed by atoms with Crippen molar-refractivity contribution in [2.75, 3.05) is 26.8 Å². The molecule has 0 bridgehead atoms. The van der Waals surface area contributed by atoms with Crippen LogP contribution in [-0.4, -0.2) is 77.2 Å². The topological polar surface area (TPSA) is 114 Å². The number of carbonyl (C=O) groups is 2. The highest BCUT2D eigenvalue weighted by Crippen LogP contribution is 2.30. The van der Waals surface area contributed by atoms with Gasteiger partial charge < -0.3 is 29.6 Å². The summed E-state index contributed by atoms with van der Waals surface area (Å²) in [5.74, 6) is -0.194. The highest BCUT2D eigenvalue weighted by molar-refractivity contribution is 5.98. The van der Waals surface area contributed by atoms with Crippen LogP contribution in [0.4, 0.5) is 4.79 Å². The molecule has 37 heavy (non-hydrogen) atoms. The number of piperidine rings is 1. The van der Waals surface area contributed by atoms with Gasteiger partial charge in [0.05, 0.1) is 19.1 Å². The molecule has 2 saturated heterocycles. The van der Waals surface area contributed by atoms with Gasteiger partial charge in [0.2, 0.25) is 0 Å². The summed E-state index contributed by atoms with van der Waals surface area (Å²) >= 11 is 0. The number of nitrogen functional groups attached to an aromatic ring is 1. The van der Waals surface area contributed by atoms with Gasteiger partial charge in [-0.25, -0.2) is 4.79 Å². The molecule has 9 heteroatoms. The molecule has 0 radical (unpaired) electrons. The molecule has 2 fully saturated rings. The molecule has 2 aromatic rings. The number of likely N-dealkylation sites (tertiary alicyclic amines) is 2. The first-order valence-electron chi connectivity index (χ1n) is 13.6. The summed E-state index contributed by atoms with van der Waals surface area (Å²) in [5, 5.41) is 8.93. The van der Waals surface area contributed by atoms with E-state index in [0.717, 1.165) is 61.7 Å². The third-order valence-electron chi connectivity index (χ3n) is 7.89. The Balaban J connectivity index is 1.49. The molecule has 3 atom stereocenters. The van der Waals surface area contributed by atoms with Gasteiger partial charge in [0.15, 0.2) is 0 Å². The number of aromatic nitrogens is 1. The zero-order valence-corrected chi connectivity index (χ0v) is 22.4. The van der Waals surface area contributed by atoms with Crippen LogP contribution < -0.4 is 5.73 Å². The number of fused-ring (bicyclic) bond motifs is 1. The molecule has 0 saturated carbocycles. The Kier molecular flexibility index (Phi) is 8.74. The number of esters is 1. The number of aryl methyl sites for hydroxylation is 2. The average Bonchev–Trinajstić information content (AvgIpc) is 3.47. The minimum Gasteiger partial charge on any atom is -0.466 e. The normalized spacial score (nSPS) is 22.0. The lowest BCUT2D eigenvalue weighted by molar-refractivity contribution is -0.144. The first-order chi connectivity index (χ1) is 17.9. The molecule has 202 valence electrons. The number of methoxy groups -OCH3 is 1. The SMILES string of the molecule is CCOC(=O)C[C@H]1C[C@@H](OC)CN1C(=O)N1CCCC[C@H]1CCc1cc2ccc(C(=N)N)cc2n1CC. The van der Waals surface area contributed by atoms with Crippen molar-refractivity contribution in [1.82, 2.24) is 14.4 Å². The van der Waals surface area contributed by atoms with Gasteiger partial charge in [-0.1, -0.05) is 12.1 Å². The van der Waals surface area contributed by atoms with Gasteiger partial charge in [-0.15, -0.1) is 0 Å². The fourth-order valence-corrected chi connectivity index (χ4v) is 5.98. The monoisotopic (exact) mass is 511 g/mol. The van der Waals surface area contributed by atoms with E-state index in [-0.39, 0.29) is 42.4 Å². The van der Waals surface area contributed by atoms with Crippen LogP contribution in [-0.2, 0) is 27.2 Å². The lowest BCUT2D eigenvalue weighted by Gasteiger charge is -2.39. The molecule has 3 heterocycles. The van der Waals surface area contributed by atoms with Gasteiger partial charge in [0.1, 0.15) is 5.84 Å². The number of rotatable bonds is 9. The number of hydrogen-bond acceptors (Lipinski definition) is 5. The largest absolute Gasteiger partial charge is 0.466 e. The molecular formula is C28H41N5O4. The van der Waals surface area contributed by atoms with E-state index in [1.807, 2.05) is 28.0 Å². The Labute approximate surface area is 219 Å². The number of amidine groups is 1. The molecule has 2 amide bonds. The molecule has 0 spiro atoms. The van der Waals surface area contributed by atoms with Crippen molar-refractivity contribution in [3.63, 3.8) is 0 Å². The summed E-state index contributed by atoms with van der Waals surface area (Å²) in [6.45, 7) is 6.34. The highest BCUT2D eigenvalue weighted by atomic mass is 16.5. The molecule has 1 aromatic heterocycles. The van der Waals surface area contributed by atoms with E-state index in [2.05, 4.69) is 17.6 Å². The van der Waals surface area contributed by atoms with E-state index < -0.39 is 0 Å². The molecule has 9 nitrogen and oxygen atoms in total. The maximum atomic E-state index is 13.8. The van der Waals surface area contributed by atoms with Gasteiger partial charge in [0, 0.05) is 55.6 Å². The lowest BCUT2D eigenvalue weighted by atomic mass is 9.97. The number of carbonyl (C=O) groups excluding carboxylic acids is 2. The number of nitrogens with zero attached hydrogens (tertiary/aromatic N) is 3. The van der Waals surface area contributed by atoms with Gasteiger partial charge in [0.25, 0.3) is 0 Å². The predicted molar refractivity (Wildman–Crippen MR) is 144 cm³/mol. The second-order valence-electron chi connectivity index (χ2n) is 10.1. The van der Waals surface area contributed by atoms with Crippen molar-refractivity contribution in [1.29, 1.82) is 5.41 Å². The van der Waals surface area contributed by atoms with Crippen molar-refractivity contribution in [3.8, 4) is 0 Å². The number of benzene rings is 1. The van der Waals surface area contributed by atoms with Crippen LogP contribution in [0.15, 0.2) is 24.3 Å². The number of nitrogens with two attached hydrogens (primary N) is 1. The molecular weight excluding hydrogens is 470 g/mol. The molecule has 3 N–H and O–H groups in total. The van der Waals surface area contributed by atoms with Crippen LogP contribution >= 0.6 is 0 Å². The van der Waals surface area contributed by atoms with Crippen molar-refractivity contribution < 1.29 is 19.1 Å². The zero-order valence-electron chi connectivity index (χ0n) is 22.4. The number of ether oxygens (including phenoxy) is 2.